The summed E-state index contributed by atoms with van der Waals surface area (Å²) in [5.74, 6) is 0.818. The summed E-state index contributed by atoms with van der Waals surface area (Å²) in [5, 5.41) is 4.00. The number of aryl methyl sites for hydroxylation is 1. The number of carbonyl (C=O) groups excluding carboxylic acids is 2. The third-order valence-corrected chi connectivity index (χ3v) is 5.03. The molecule has 182 valence electrons. The highest BCUT2D eigenvalue weighted by atomic mass is 16.6. The number of amides is 1. The molecule has 1 amide bonds. The topological polar surface area (TPSA) is 86.2 Å². The molecule has 0 atom stereocenters. The summed E-state index contributed by atoms with van der Waals surface area (Å²) in [6, 6.07) is 19.7. The average Bonchev–Trinajstić information content (AvgIpc) is 2.84. The number of benzene rings is 3. The number of hydrazone groups is 1. The number of hydrogen-bond donors (Lipinski definition) is 1. The second kappa shape index (κ2) is 12.4. The van der Waals surface area contributed by atoms with E-state index in [1.807, 2.05) is 38.1 Å². The lowest BCUT2D eigenvalue weighted by atomic mass is 10.0. The third-order valence-electron chi connectivity index (χ3n) is 5.03. The van der Waals surface area contributed by atoms with Gasteiger partial charge in [0.25, 0.3) is 5.91 Å². The number of rotatable bonds is 10. The Labute approximate surface area is 205 Å². The highest BCUT2D eigenvalue weighted by Gasteiger charge is 2.13. The van der Waals surface area contributed by atoms with Gasteiger partial charge < -0.3 is 14.2 Å². The highest BCUT2D eigenvalue weighted by Crippen LogP contribution is 2.29. The first-order valence-corrected chi connectivity index (χ1v) is 11.5. The lowest BCUT2D eigenvalue weighted by Gasteiger charge is -2.14. The van der Waals surface area contributed by atoms with E-state index in [2.05, 4.69) is 24.4 Å². The van der Waals surface area contributed by atoms with Gasteiger partial charge in [0.1, 0.15) is 5.75 Å². The van der Waals surface area contributed by atoms with Crippen LogP contribution in [0.4, 0.5) is 0 Å². The van der Waals surface area contributed by atoms with E-state index >= 15 is 0 Å². The van der Waals surface area contributed by atoms with Gasteiger partial charge in [0.05, 0.1) is 18.4 Å². The lowest BCUT2D eigenvalue weighted by molar-refractivity contribution is -0.123. The van der Waals surface area contributed by atoms with Crippen LogP contribution in [-0.4, -0.2) is 31.3 Å². The van der Waals surface area contributed by atoms with E-state index < -0.39 is 5.97 Å². The van der Waals surface area contributed by atoms with Crippen molar-refractivity contribution in [3.8, 4) is 17.2 Å². The van der Waals surface area contributed by atoms with Gasteiger partial charge in [-0.3, -0.25) is 4.79 Å². The minimum Gasteiger partial charge on any atom is -0.490 e. The normalized spacial score (nSPS) is 10.9. The van der Waals surface area contributed by atoms with Crippen LogP contribution in [-0.2, 0) is 4.79 Å². The van der Waals surface area contributed by atoms with Crippen LogP contribution >= 0.6 is 0 Å². The molecule has 1 N–H and O–H groups in total. The Bertz CT molecular complexity index is 1190. The molecule has 0 saturated carbocycles. The zero-order valence-corrected chi connectivity index (χ0v) is 20.4. The summed E-state index contributed by atoms with van der Waals surface area (Å²) in [5.41, 5.74) is 5.67. The Morgan fingerprint density at radius 3 is 2.43 bits per heavy atom. The SMILES string of the molecule is CCOc1cc(/C=N\NC(=O)COc2cc(C)ccc2C(C)C)ccc1OC(=O)c1ccccc1. The molecule has 0 heterocycles. The van der Waals surface area contributed by atoms with Crippen molar-refractivity contribution in [3.63, 3.8) is 0 Å². The fraction of sp³-hybridized carbons (Fsp3) is 0.250. The number of hydrogen-bond acceptors (Lipinski definition) is 6. The van der Waals surface area contributed by atoms with Gasteiger partial charge in [0, 0.05) is 0 Å². The molecule has 0 spiro atoms. The zero-order chi connectivity index (χ0) is 25.2. The van der Waals surface area contributed by atoms with Gasteiger partial charge in [-0.25, -0.2) is 10.2 Å². The van der Waals surface area contributed by atoms with Crippen molar-refractivity contribution in [2.45, 2.75) is 33.6 Å². The third kappa shape index (κ3) is 7.43. The maximum atomic E-state index is 12.4. The van der Waals surface area contributed by atoms with Gasteiger partial charge in [-0.05, 0) is 72.9 Å². The number of esters is 1. The van der Waals surface area contributed by atoms with Gasteiger partial charge in [-0.15, -0.1) is 0 Å². The summed E-state index contributed by atoms with van der Waals surface area (Å²) >= 11 is 0. The number of ether oxygens (including phenoxy) is 3. The molecule has 0 aromatic heterocycles. The summed E-state index contributed by atoms with van der Waals surface area (Å²) in [6.07, 6.45) is 1.48. The Morgan fingerprint density at radius 2 is 1.71 bits per heavy atom. The number of carbonyl (C=O) groups is 2. The summed E-state index contributed by atoms with van der Waals surface area (Å²) in [6.45, 7) is 8.20. The quantitative estimate of drug-likeness (QED) is 0.187. The van der Waals surface area contributed by atoms with E-state index in [1.165, 1.54) is 6.21 Å². The largest absolute Gasteiger partial charge is 0.490 e. The van der Waals surface area contributed by atoms with E-state index in [-0.39, 0.29) is 18.4 Å². The smallest absolute Gasteiger partial charge is 0.343 e. The standard InChI is InChI=1S/C28H30N2O5/c1-5-33-26-16-21(12-14-24(26)35-28(32)22-9-7-6-8-10-22)17-29-30-27(31)18-34-25-15-20(4)11-13-23(25)19(2)3/h6-17,19H,5,18H2,1-4H3,(H,30,31)/b29-17-. The van der Waals surface area contributed by atoms with Crippen LogP contribution in [0.15, 0.2) is 71.8 Å². The maximum Gasteiger partial charge on any atom is 0.343 e. The second-order valence-electron chi connectivity index (χ2n) is 8.17. The van der Waals surface area contributed by atoms with E-state index in [1.54, 1.807) is 42.5 Å². The molecule has 0 unspecified atom stereocenters. The van der Waals surface area contributed by atoms with Crippen LogP contribution in [0.5, 0.6) is 17.2 Å². The molecule has 0 aliphatic rings. The lowest BCUT2D eigenvalue weighted by Crippen LogP contribution is -2.25. The molecular weight excluding hydrogens is 444 g/mol. The van der Waals surface area contributed by atoms with Crippen molar-refractivity contribution in [2.75, 3.05) is 13.2 Å². The minimum atomic E-state index is -0.477. The Kier molecular flexibility index (Phi) is 9.01. The molecule has 0 aliphatic carbocycles. The van der Waals surface area contributed by atoms with Crippen LogP contribution in [0.1, 0.15) is 53.7 Å². The fourth-order valence-corrected chi connectivity index (χ4v) is 3.29. The predicted molar refractivity (Wildman–Crippen MR) is 136 cm³/mol. The number of nitrogens with zero attached hydrogens (tertiary/aromatic N) is 1. The fourth-order valence-electron chi connectivity index (χ4n) is 3.29. The predicted octanol–water partition coefficient (Wildman–Crippen LogP) is 5.27. The van der Waals surface area contributed by atoms with Crippen molar-refractivity contribution in [2.24, 2.45) is 5.10 Å². The summed E-state index contributed by atoms with van der Waals surface area (Å²) < 4.78 is 16.8. The van der Waals surface area contributed by atoms with Crippen LogP contribution < -0.4 is 19.6 Å². The molecule has 0 saturated heterocycles. The Morgan fingerprint density at radius 1 is 0.943 bits per heavy atom. The van der Waals surface area contributed by atoms with Gasteiger partial charge >= 0.3 is 5.97 Å². The zero-order valence-electron chi connectivity index (χ0n) is 20.4. The molecule has 3 aromatic rings. The first kappa shape index (κ1) is 25.5. The van der Waals surface area contributed by atoms with Crippen molar-refractivity contribution < 1.29 is 23.8 Å². The van der Waals surface area contributed by atoms with Crippen molar-refractivity contribution >= 4 is 18.1 Å². The van der Waals surface area contributed by atoms with Gasteiger partial charge in [-0.1, -0.05) is 44.2 Å². The molecule has 0 fully saturated rings. The molecule has 3 rings (SSSR count). The molecule has 7 nitrogen and oxygen atoms in total. The van der Waals surface area contributed by atoms with Crippen LogP contribution in [0.2, 0.25) is 0 Å². The molecular formula is C28H30N2O5. The maximum absolute atomic E-state index is 12.4. The molecule has 35 heavy (non-hydrogen) atoms. The molecule has 7 heteroatoms. The first-order chi connectivity index (χ1) is 16.9. The van der Waals surface area contributed by atoms with Crippen molar-refractivity contribution in [1.29, 1.82) is 0 Å². The van der Waals surface area contributed by atoms with Gasteiger partial charge in [0.15, 0.2) is 18.1 Å². The second-order valence-corrected chi connectivity index (χ2v) is 8.17. The van der Waals surface area contributed by atoms with E-state index in [0.717, 1.165) is 11.1 Å². The van der Waals surface area contributed by atoms with Crippen LogP contribution in [0, 0.1) is 6.92 Å². The minimum absolute atomic E-state index is 0.154. The summed E-state index contributed by atoms with van der Waals surface area (Å²) in [4.78, 5) is 24.6. The molecule has 0 radical (unpaired) electrons. The monoisotopic (exact) mass is 474 g/mol. The Hall–Kier alpha value is -4.13. The molecule has 0 bridgehead atoms. The molecule has 0 aliphatic heterocycles. The Balaban J connectivity index is 1.60. The van der Waals surface area contributed by atoms with E-state index in [0.29, 0.717) is 35.0 Å². The van der Waals surface area contributed by atoms with Crippen molar-refractivity contribution in [3.05, 3.63) is 89.0 Å². The number of nitrogens with one attached hydrogen (secondary N) is 1. The highest BCUT2D eigenvalue weighted by molar-refractivity contribution is 5.91. The average molecular weight is 475 g/mol. The summed E-state index contributed by atoms with van der Waals surface area (Å²) in [7, 11) is 0. The van der Waals surface area contributed by atoms with Crippen LogP contribution in [0.25, 0.3) is 0 Å². The van der Waals surface area contributed by atoms with E-state index in [9.17, 15) is 9.59 Å². The van der Waals surface area contributed by atoms with Crippen LogP contribution in [0.3, 0.4) is 0 Å². The molecule has 3 aromatic carbocycles. The first-order valence-electron chi connectivity index (χ1n) is 11.5. The van der Waals surface area contributed by atoms with E-state index in [4.69, 9.17) is 14.2 Å². The van der Waals surface area contributed by atoms with Crippen molar-refractivity contribution in [1.82, 2.24) is 5.43 Å². The van der Waals surface area contributed by atoms with Gasteiger partial charge in [-0.2, -0.15) is 5.10 Å². The van der Waals surface area contributed by atoms with Gasteiger partial charge in [0.2, 0.25) is 0 Å².